The van der Waals surface area contributed by atoms with Crippen molar-refractivity contribution in [3.05, 3.63) is 29.8 Å². The summed E-state index contributed by atoms with van der Waals surface area (Å²) in [5.41, 5.74) is 7.98. The van der Waals surface area contributed by atoms with Crippen LogP contribution in [0.15, 0.2) is 24.3 Å². The molecule has 1 aromatic rings. The van der Waals surface area contributed by atoms with Gasteiger partial charge in [-0.05, 0) is 29.5 Å². The Hall–Kier alpha value is -1.35. The predicted octanol–water partition coefficient (Wildman–Crippen LogP) is 3.12. The lowest BCUT2D eigenvalue weighted by molar-refractivity contribution is -0.116. The molecular formula is C15H24N2O. The summed E-state index contributed by atoms with van der Waals surface area (Å²) < 4.78 is 0. The maximum atomic E-state index is 11.8. The van der Waals surface area contributed by atoms with Gasteiger partial charge in [0.15, 0.2) is 0 Å². The van der Waals surface area contributed by atoms with Crippen LogP contribution in [0, 0.1) is 5.92 Å². The number of nitrogens with one attached hydrogen (secondary N) is 1. The molecular weight excluding hydrogens is 224 g/mol. The molecule has 0 aliphatic heterocycles. The van der Waals surface area contributed by atoms with Crippen molar-refractivity contribution < 1.29 is 4.79 Å². The monoisotopic (exact) mass is 248 g/mol. The minimum Gasteiger partial charge on any atom is -0.327 e. The van der Waals surface area contributed by atoms with E-state index in [2.05, 4.69) is 19.2 Å². The number of anilines is 1. The highest BCUT2D eigenvalue weighted by atomic mass is 16.1. The quantitative estimate of drug-likeness (QED) is 0.841. The van der Waals surface area contributed by atoms with Crippen molar-refractivity contribution in [1.82, 2.24) is 0 Å². The second-order valence-electron chi connectivity index (χ2n) is 5.44. The van der Waals surface area contributed by atoms with Crippen LogP contribution in [0.25, 0.3) is 0 Å². The van der Waals surface area contributed by atoms with Gasteiger partial charge in [0.2, 0.25) is 5.91 Å². The lowest BCUT2D eigenvalue weighted by atomic mass is 10.0. The molecule has 0 heterocycles. The third kappa shape index (κ3) is 4.49. The van der Waals surface area contributed by atoms with Crippen LogP contribution in [0.5, 0.6) is 0 Å². The number of rotatable bonds is 5. The van der Waals surface area contributed by atoms with Crippen molar-refractivity contribution >= 4 is 11.6 Å². The number of benzene rings is 1. The molecule has 0 bridgehead atoms. The molecule has 18 heavy (non-hydrogen) atoms. The van der Waals surface area contributed by atoms with Crippen LogP contribution in [0.2, 0.25) is 0 Å². The Morgan fingerprint density at radius 3 is 2.17 bits per heavy atom. The Kier molecular flexibility index (Phi) is 5.35. The van der Waals surface area contributed by atoms with Crippen molar-refractivity contribution in [2.24, 2.45) is 11.7 Å². The zero-order valence-corrected chi connectivity index (χ0v) is 11.7. The van der Waals surface area contributed by atoms with E-state index in [0.29, 0.717) is 18.3 Å². The zero-order chi connectivity index (χ0) is 13.7. The van der Waals surface area contributed by atoms with E-state index in [9.17, 15) is 4.79 Å². The fourth-order valence-corrected chi connectivity index (χ4v) is 1.61. The summed E-state index contributed by atoms with van der Waals surface area (Å²) in [7, 11) is 0. The van der Waals surface area contributed by atoms with E-state index in [1.165, 1.54) is 5.56 Å². The lowest BCUT2D eigenvalue weighted by Crippen LogP contribution is -2.31. The number of hydrogen-bond donors (Lipinski definition) is 2. The van der Waals surface area contributed by atoms with Crippen molar-refractivity contribution in [1.29, 1.82) is 0 Å². The molecule has 1 amide bonds. The van der Waals surface area contributed by atoms with Gasteiger partial charge in [-0.2, -0.15) is 0 Å². The predicted molar refractivity (Wildman–Crippen MR) is 76.6 cm³/mol. The highest BCUT2D eigenvalue weighted by Crippen LogP contribution is 2.17. The maximum absolute atomic E-state index is 11.8. The summed E-state index contributed by atoms with van der Waals surface area (Å²) >= 11 is 0. The molecule has 3 heteroatoms. The average Bonchev–Trinajstić information content (AvgIpc) is 2.29. The smallest absolute Gasteiger partial charge is 0.225 e. The lowest BCUT2D eigenvalue weighted by Gasteiger charge is -2.15. The van der Waals surface area contributed by atoms with Gasteiger partial charge in [-0.3, -0.25) is 4.79 Å². The van der Waals surface area contributed by atoms with Crippen molar-refractivity contribution in [2.45, 2.75) is 46.1 Å². The van der Waals surface area contributed by atoms with Crippen LogP contribution >= 0.6 is 0 Å². The Balaban J connectivity index is 2.54. The van der Waals surface area contributed by atoms with Gasteiger partial charge in [-0.15, -0.1) is 0 Å². The second kappa shape index (κ2) is 6.55. The van der Waals surface area contributed by atoms with Crippen molar-refractivity contribution in [3.63, 3.8) is 0 Å². The second-order valence-corrected chi connectivity index (χ2v) is 5.44. The largest absolute Gasteiger partial charge is 0.327 e. The van der Waals surface area contributed by atoms with Crippen molar-refractivity contribution in [2.75, 3.05) is 5.32 Å². The molecule has 1 rings (SSSR count). The van der Waals surface area contributed by atoms with E-state index in [-0.39, 0.29) is 11.9 Å². The number of carbonyl (C=O) groups excluding carboxylic acids is 1. The van der Waals surface area contributed by atoms with Gasteiger partial charge < -0.3 is 11.1 Å². The van der Waals surface area contributed by atoms with Crippen LogP contribution in [-0.2, 0) is 4.79 Å². The summed E-state index contributed by atoms with van der Waals surface area (Å²) in [4.78, 5) is 11.8. The molecule has 0 aromatic heterocycles. The topological polar surface area (TPSA) is 55.1 Å². The van der Waals surface area contributed by atoms with E-state index < -0.39 is 0 Å². The first-order chi connectivity index (χ1) is 8.40. The first-order valence-corrected chi connectivity index (χ1v) is 6.55. The zero-order valence-electron chi connectivity index (χ0n) is 11.7. The van der Waals surface area contributed by atoms with Gasteiger partial charge in [0, 0.05) is 18.2 Å². The van der Waals surface area contributed by atoms with E-state index in [1.54, 1.807) is 0 Å². The standard InChI is InChI=1S/C15H24N2O/c1-10(2)12-5-7-13(8-6-12)17-15(18)9-14(16)11(3)4/h5-8,10-11,14H,9,16H2,1-4H3,(H,17,18). The van der Waals surface area contributed by atoms with Crippen LogP contribution in [0.3, 0.4) is 0 Å². The van der Waals surface area contributed by atoms with Crippen LogP contribution in [-0.4, -0.2) is 11.9 Å². The van der Waals surface area contributed by atoms with E-state index in [1.807, 2.05) is 38.1 Å². The highest BCUT2D eigenvalue weighted by Gasteiger charge is 2.12. The fraction of sp³-hybridized carbons (Fsp3) is 0.533. The van der Waals surface area contributed by atoms with Crippen LogP contribution in [0.1, 0.15) is 45.6 Å². The normalized spacial score (nSPS) is 12.8. The molecule has 0 aliphatic rings. The molecule has 1 unspecified atom stereocenters. The Labute approximate surface area is 110 Å². The van der Waals surface area contributed by atoms with Gasteiger partial charge in [0.25, 0.3) is 0 Å². The minimum absolute atomic E-state index is 0.0199. The van der Waals surface area contributed by atoms with Crippen molar-refractivity contribution in [3.8, 4) is 0 Å². The highest BCUT2D eigenvalue weighted by molar-refractivity contribution is 5.91. The van der Waals surface area contributed by atoms with E-state index >= 15 is 0 Å². The van der Waals surface area contributed by atoms with Crippen LogP contribution < -0.4 is 11.1 Å². The van der Waals surface area contributed by atoms with Gasteiger partial charge in [0.1, 0.15) is 0 Å². The summed E-state index contributed by atoms with van der Waals surface area (Å²) in [6.07, 6.45) is 0.365. The molecule has 100 valence electrons. The van der Waals surface area contributed by atoms with Crippen LogP contribution in [0.4, 0.5) is 5.69 Å². The molecule has 1 atom stereocenters. The summed E-state index contributed by atoms with van der Waals surface area (Å²) in [6.45, 7) is 8.34. The molecule has 1 aromatic carbocycles. The molecule has 0 fully saturated rings. The first-order valence-electron chi connectivity index (χ1n) is 6.55. The SMILES string of the molecule is CC(C)c1ccc(NC(=O)CC(N)C(C)C)cc1. The number of nitrogens with two attached hydrogens (primary N) is 1. The summed E-state index contributed by atoms with van der Waals surface area (Å²) in [5, 5.41) is 2.87. The van der Waals surface area contributed by atoms with E-state index in [4.69, 9.17) is 5.73 Å². The Morgan fingerprint density at radius 2 is 1.72 bits per heavy atom. The number of amides is 1. The molecule has 0 saturated carbocycles. The Morgan fingerprint density at radius 1 is 1.17 bits per heavy atom. The molecule has 0 aliphatic carbocycles. The average molecular weight is 248 g/mol. The van der Waals surface area contributed by atoms with Gasteiger partial charge >= 0.3 is 0 Å². The molecule has 0 radical (unpaired) electrons. The number of carbonyl (C=O) groups is 1. The number of hydrogen-bond acceptors (Lipinski definition) is 2. The van der Waals surface area contributed by atoms with Gasteiger partial charge in [-0.25, -0.2) is 0 Å². The Bertz CT molecular complexity index is 382. The van der Waals surface area contributed by atoms with Gasteiger partial charge in [0.05, 0.1) is 0 Å². The molecule has 3 nitrogen and oxygen atoms in total. The fourth-order valence-electron chi connectivity index (χ4n) is 1.61. The third-order valence-electron chi connectivity index (χ3n) is 3.14. The minimum atomic E-state index is -0.0834. The molecule has 0 spiro atoms. The van der Waals surface area contributed by atoms with E-state index in [0.717, 1.165) is 5.69 Å². The third-order valence-corrected chi connectivity index (χ3v) is 3.14. The summed E-state index contributed by atoms with van der Waals surface area (Å²) in [5.74, 6) is 0.802. The molecule has 0 saturated heterocycles. The molecule has 3 N–H and O–H groups in total. The summed E-state index contributed by atoms with van der Waals surface area (Å²) in [6, 6.07) is 7.88. The first kappa shape index (κ1) is 14.7. The van der Waals surface area contributed by atoms with Gasteiger partial charge in [-0.1, -0.05) is 39.8 Å². The maximum Gasteiger partial charge on any atom is 0.225 e.